The van der Waals surface area contributed by atoms with Crippen molar-refractivity contribution in [3.05, 3.63) is 66.0 Å². The van der Waals surface area contributed by atoms with Crippen molar-refractivity contribution in [3.63, 3.8) is 0 Å². The average Bonchev–Trinajstić information content (AvgIpc) is 2.38. The lowest BCUT2D eigenvalue weighted by atomic mass is 9.97. The standard InChI is InChI=1S/C17H17F/c1-4-13-8-9-16(11-17(13)18)15-7-5-6-14(10-15)12(2)3/h4-12H,1H2,2-3H3. The highest BCUT2D eigenvalue weighted by Crippen LogP contribution is 2.25. The lowest BCUT2D eigenvalue weighted by molar-refractivity contribution is 0.625. The molecule has 0 aliphatic heterocycles. The van der Waals surface area contributed by atoms with Crippen LogP contribution in [0.4, 0.5) is 4.39 Å². The van der Waals surface area contributed by atoms with Gasteiger partial charge in [0.05, 0.1) is 0 Å². The SMILES string of the molecule is C=Cc1ccc(-c2cccc(C(C)C)c2)cc1F. The summed E-state index contributed by atoms with van der Waals surface area (Å²) in [6, 6.07) is 13.5. The molecular weight excluding hydrogens is 223 g/mol. The second-order valence-corrected chi connectivity index (χ2v) is 4.72. The summed E-state index contributed by atoms with van der Waals surface area (Å²) in [7, 11) is 0. The molecule has 0 atom stereocenters. The Hall–Kier alpha value is -1.89. The van der Waals surface area contributed by atoms with Gasteiger partial charge in [-0.1, -0.05) is 62.9 Å². The Kier molecular flexibility index (Phi) is 3.61. The molecule has 2 rings (SSSR count). The van der Waals surface area contributed by atoms with Crippen LogP contribution >= 0.6 is 0 Å². The molecule has 0 bridgehead atoms. The van der Waals surface area contributed by atoms with Gasteiger partial charge in [-0.3, -0.25) is 0 Å². The summed E-state index contributed by atoms with van der Waals surface area (Å²) in [6.07, 6.45) is 1.53. The minimum Gasteiger partial charge on any atom is -0.206 e. The first-order chi connectivity index (χ1) is 8.61. The molecule has 1 heteroatoms. The van der Waals surface area contributed by atoms with Crippen LogP contribution in [0, 0.1) is 5.82 Å². The predicted molar refractivity (Wildman–Crippen MR) is 76.0 cm³/mol. The van der Waals surface area contributed by atoms with Crippen LogP contribution in [0.25, 0.3) is 17.2 Å². The van der Waals surface area contributed by atoms with Gasteiger partial charge < -0.3 is 0 Å². The van der Waals surface area contributed by atoms with Gasteiger partial charge in [0.25, 0.3) is 0 Å². The molecule has 0 radical (unpaired) electrons. The summed E-state index contributed by atoms with van der Waals surface area (Å²) in [6.45, 7) is 7.90. The summed E-state index contributed by atoms with van der Waals surface area (Å²) in [4.78, 5) is 0. The molecule has 0 aliphatic rings. The van der Waals surface area contributed by atoms with E-state index in [1.54, 1.807) is 12.1 Å². The molecule has 18 heavy (non-hydrogen) atoms. The second kappa shape index (κ2) is 5.18. The van der Waals surface area contributed by atoms with E-state index in [1.165, 1.54) is 11.6 Å². The van der Waals surface area contributed by atoms with Crippen molar-refractivity contribution in [1.82, 2.24) is 0 Å². The molecule has 0 unspecified atom stereocenters. The molecule has 0 nitrogen and oxygen atoms in total. The maximum absolute atomic E-state index is 13.7. The minimum atomic E-state index is -0.225. The quantitative estimate of drug-likeness (QED) is 0.686. The zero-order valence-electron chi connectivity index (χ0n) is 10.8. The van der Waals surface area contributed by atoms with Crippen LogP contribution in [0.1, 0.15) is 30.9 Å². The first-order valence-corrected chi connectivity index (χ1v) is 6.14. The largest absolute Gasteiger partial charge is 0.206 e. The molecule has 0 spiro atoms. The number of hydrogen-bond donors (Lipinski definition) is 0. The van der Waals surface area contributed by atoms with Crippen molar-refractivity contribution in [2.45, 2.75) is 19.8 Å². The molecule has 0 aliphatic carbocycles. The van der Waals surface area contributed by atoms with E-state index in [1.807, 2.05) is 18.2 Å². The van der Waals surface area contributed by atoms with Crippen LogP contribution in [0.3, 0.4) is 0 Å². The van der Waals surface area contributed by atoms with Crippen LogP contribution in [0.2, 0.25) is 0 Å². The fraction of sp³-hybridized carbons (Fsp3) is 0.176. The van der Waals surface area contributed by atoms with Gasteiger partial charge in [-0.2, -0.15) is 0 Å². The Morgan fingerprint density at radius 2 is 1.78 bits per heavy atom. The maximum Gasteiger partial charge on any atom is 0.131 e. The van der Waals surface area contributed by atoms with Gasteiger partial charge in [0.15, 0.2) is 0 Å². The molecule has 2 aromatic rings. The molecular formula is C17H17F. The third-order valence-electron chi connectivity index (χ3n) is 3.11. The number of rotatable bonds is 3. The van der Waals surface area contributed by atoms with E-state index < -0.39 is 0 Å². The van der Waals surface area contributed by atoms with E-state index in [9.17, 15) is 4.39 Å². The van der Waals surface area contributed by atoms with Gasteiger partial charge >= 0.3 is 0 Å². The van der Waals surface area contributed by atoms with Crippen molar-refractivity contribution in [2.75, 3.05) is 0 Å². The van der Waals surface area contributed by atoms with Gasteiger partial charge in [0.2, 0.25) is 0 Å². The fourth-order valence-electron chi connectivity index (χ4n) is 1.95. The van der Waals surface area contributed by atoms with E-state index in [0.717, 1.165) is 11.1 Å². The van der Waals surface area contributed by atoms with Crippen molar-refractivity contribution in [1.29, 1.82) is 0 Å². The summed E-state index contributed by atoms with van der Waals surface area (Å²) in [5.41, 5.74) is 3.76. The zero-order chi connectivity index (χ0) is 13.1. The third-order valence-corrected chi connectivity index (χ3v) is 3.11. The Bertz CT molecular complexity index is 568. The van der Waals surface area contributed by atoms with E-state index in [2.05, 4.69) is 32.6 Å². The van der Waals surface area contributed by atoms with E-state index in [0.29, 0.717) is 11.5 Å². The molecule has 92 valence electrons. The summed E-state index contributed by atoms with van der Waals surface area (Å²) in [5.74, 6) is 0.250. The second-order valence-electron chi connectivity index (χ2n) is 4.72. The zero-order valence-corrected chi connectivity index (χ0v) is 10.8. The Morgan fingerprint density at radius 1 is 1.06 bits per heavy atom. The fourth-order valence-corrected chi connectivity index (χ4v) is 1.95. The van der Waals surface area contributed by atoms with E-state index >= 15 is 0 Å². The van der Waals surface area contributed by atoms with Crippen molar-refractivity contribution in [2.24, 2.45) is 0 Å². The smallest absolute Gasteiger partial charge is 0.131 e. The molecule has 0 heterocycles. The summed E-state index contributed by atoms with van der Waals surface area (Å²) in [5, 5.41) is 0. The van der Waals surface area contributed by atoms with Crippen molar-refractivity contribution >= 4 is 6.08 Å². The predicted octanol–water partition coefficient (Wildman–Crippen LogP) is 5.26. The topological polar surface area (TPSA) is 0 Å². The average molecular weight is 240 g/mol. The first-order valence-electron chi connectivity index (χ1n) is 6.14. The van der Waals surface area contributed by atoms with Gasteiger partial charge in [-0.05, 0) is 28.7 Å². The van der Waals surface area contributed by atoms with E-state index in [-0.39, 0.29) is 5.82 Å². The molecule has 0 fully saturated rings. The number of hydrogen-bond acceptors (Lipinski definition) is 0. The molecule has 2 aromatic carbocycles. The highest BCUT2D eigenvalue weighted by molar-refractivity contribution is 5.66. The van der Waals surface area contributed by atoms with Crippen LogP contribution < -0.4 is 0 Å². The normalized spacial score (nSPS) is 10.7. The number of benzene rings is 2. The van der Waals surface area contributed by atoms with Crippen molar-refractivity contribution < 1.29 is 4.39 Å². The lowest BCUT2D eigenvalue weighted by Crippen LogP contribution is -1.89. The minimum absolute atomic E-state index is 0.225. The molecule has 0 amide bonds. The summed E-state index contributed by atoms with van der Waals surface area (Å²) >= 11 is 0. The monoisotopic (exact) mass is 240 g/mol. The van der Waals surface area contributed by atoms with Gasteiger partial charge in [-0.15, -0.1) is 0 Å². The Morgan fingerprint density at radius 3 is 2.39 bits per heavy atom. The van der Waals surface area contributed by atoms with Crippen LogP contribution in [-0.2, 0) is 0 Å². The van der Waals surface area contributed by atoms with Crippen LogP contribution in [0.5, 0.6) is 0 Å². The summed E-state index contributed by atoms with van der Waals surface area (Å²) < 4.78 is 13.7. The first kappa shape index (κ1) is 12.6. The lowest BCUT2D eigenvalue weighted by Gasteiger charge is -2.09. The molecule has 0 saturated carbocycles. The van der Waals surface area contributed by atoms with Gasteiger partial charge in [0.1, 0.15) is 5.82 Å². The van der Waals surface area contributed by atoms with Crippen LogP contribution in [-0.4, -0.2) is 0 Å². The van der Waals surface area contributed by atoms with E-state index in [4.69, 9.17) is 0 Å². The third kappa shape index (κ3) is 2.51. The maximum atomic E-state index is 13.7. The van der Waals surface area contributed by atoms with Gasteiger partial charge in [0, 0.05) is 5.56 Å². The van der Waals surface area contributed by atoms with Gasteiger partial charge in [-0.25, -0.2) is 4.39 Å². The Balaban J connectivity index is 2.45. The molecule has 0 N–H and O–H groups in total. The van der Waals surface area contributed by atoms with Crippen molar-refractivity contribution in [3.8, 4) is 11.1 Å². The molecule has 0 saturated heterocycles. The number of halogens is 1. The highest BCUT2D eigenvalue weighted by atomic mass is 19.1. The molecule has 0 aromatic heterocycles. The Labute approximate surface area is 108 Å². The highest BCUT2D eigenvalue weighted by Gasteiger charge is 2.05. The van der Waals surface area contributed by atoms with Crippen LogP contribution in [0.15, 0.2) is 49.0 Å².